The van der Waals surface area contributed by atoms with Crippen LogP contribution < -0.4 is 10.1 Å². The normalized spacial score (nSPS) is 25.2. The van der Waals surface area contributed by atoms with E-state index in [1.165, 1.54) is 23.5 Å². The van der Waals surface area contributed by atoms with Crippen molar-refractivity contribution in [3.8, 4) is 5.75 Å². The Balaban J connectivity index is 1.46. The van der Waals surface area contributed by atoms with Gasteiger partial charge in [0.1, 0.15) is 18.2 Å². The molecule has 3 aliphatic rings. The van der Waals surface area contributed by atoms with Crippen LogP contribution in [0.1, 0.15) is 27.0 Å². The Labute approximate surface area is 230 Å². The van der Waals surface area contributed by atoms with E-state index in [0.717, 1.165) is 17.7 Å². The van der Waals surface area contributed by atoms with Gasteiger partial charge in [0.05, 0.1) is 24.3 Å². The van der Waals surface area contributed by atoms with Gasteiger partial charge in [-0.05, 0) is 29.8 Å². The van der Waals surface area contributed by atoms with Gasteiger partial charge in [-0.1, -0.05) is 12.1 Å². The van der Waals surface area contributed by atoms with Crippen LogP contribution in [0.4, 0.5) is 4.39 Å². The number of carbonyl (C=O) groups is 3. The number of benzene rings is 2. The minimum atomic E-state index is -4.57. The topological polar surface area (TPSA) is 230 Å². The zero-order chi connectivity index (χ0) is 30.0. The number of aliphatic hydroxyl groups is 7. The molecule has 0 aliphatic carbocycles. The molecule has 0 saturated carbocycles. The van der Waals surface area contributed by atoms with Crippen molar-refractivity contribution in [3.63, 3.8) is 0 Å². The van der Waals surface area contributed by atoms with Crippen LogP contribution in [-0.2, 0) is 33.4 Å². The van der Waals surface area contributed by atoms with Gasteiger partial charge in [-0.2, -0.15) is 0 Å². The number of nitrogens with one attached hydrogen (secondary N) is 1. The van der Waals surface area contributed by atoms with Crippen molar-refractivity contribution in [2.24, 2.45) is 0 Å². The molecule has 8 N–H and O–H groups in total. The maximum Gasteiger partial charge on any atom is 0.306 e. The summed E-state index contributed by atoms with van der Waals surface area (Å²) < 4.78 is 25.6. The molecule has 3 heterocycles. The maximum atomic E-state index is 14.6. The lowest BCUT2D eigenvalue weighted by Gasteiger charge is -2.51. The molecule has 3 aliphatic heterocycles. The summed E-state index contributed by atoms with van der Waals surface area (Å²) in [7, 11) is 0. The summed E-state index contributed by atoms with van der Waals surface area (Å²) >= 11 is 0. The number of halogens is 1. The van der Waals surface area contributed by atoms with Crippen molar-refractivity contribution in [1.82, 2.24) is 15.1 Å². The molecule has 0 spiro atoms. The van der Waals surface area contributed by atoms with Gasteiger partial charge < -0.3 is 45.2 Å². The molecular formula is C25H26FN3O12. The third-order valence-electron chi connectivity index (χ3n) is 7.27. The standard InChI is InChI=1S/C25H26FN3O12/c26-16-5-4-13(11-28-6-8-40-9-7-28)10-14(16)12-41-17-3-1-2-15-18(17)24(36,37)29(19(15)30)22(33)20(31)27-21(32)23(34,35)25(22,38)39/h1-5,10,33-39H,6-9,11-12H2,(H,27,31,32). The van der Waals surface area contributed by atoms with Crippen LogP contribution in [0.3, 0.4) is 0 Å². The molecule has 220 valence electrons. The van der Waals surface area contributed by atoms with Gasteiger partial charge in [0.15, 0.2) is 0 Å². The number of ether oxygens (including phenoxy) is 2. The molecule has 2 fully saturated rings. The number of imide groups is 1. The summed E-state index contributed by atoms with van der Waals surface area (Å²) in [4.78, 5) is 39.2. The molecule has 0 bridgehead atoms. The van der Waals surface area contributed by atoms with Gasteiger partial charge in [-0.15, -0.1) is 0 Å². The predicted octanol–water partition coefficient (Wildman–Crippen LogP) is -3.51. The second kappa shape index (κ2) is 9.76. The minimum Gasteiger partial charge on any atom is -0.488 e. The van der Waals surface area contributed by atoms with Gasteiger partial charge in [0.25, 0.3) is 35.1 Å². The number of hydrogen-bond acceptors (Lipinski definition) is 13. The molecule has 2 aromatic rings. The van der Waals surface area contributed by atoms with E-state index >= 15 is 0 Å². The van der Waals surface area contributed by atoms with Crippen LogP contribution in [0.25, 0.3) is 0 Å². The Hall–Kier alpha value is -3.58. The molecule has 15 nitrogen and oxygen atoms in total. The van der Waals surface area contributed by atoms with Crippen LogP contribution in [-0.4, -0.2) is 107 Å². The van der Waals surface area contributed by atoms with Crippen LogP contribution in [0.15, 0.2) is 36.4 Å². The molecule has 0 aromatic heterocycles. The molecule has 2 aromatic carbocycles. The highest BCUT2D eigenvalue weighted by Gasteiger charge is 2.79. The third kappa shape index (κ3) is 4.28. The predicted molar refractivity (Wildman–Crippen MR) is 128 cm³/mol. The minimum absolute atomic E-state index is 0.0647. The number of morpholine rings is 1. The van der Waals surface area contributed by atoms with Crippen molar-refractivity contribution < 1.29 is 64.0 Å². The largest absolute Gasteiger partial charge is 0.488 e. The third-order valence-corrected chi connectivity index (χ3v) is 7.27. The molecule has 16 heteroatoms. The lowest BCUT2D eigenvalue weighted by molar-refractivity contribution is -0.433. The zero-order valence-corrected chi connectivity index (χ0v) is 21.2. The van der Waals surface area contributed by atoms with Gasteiger partial charge >= 0.3 is 5.79 Å². The summed E-state index contributed by atoms with van der Waals surface area (Å²) in [6, 6.07) is 7.72. The van der Waals surface area contributed by atoms with Crippen LogP contribution in [0.5, 0.6) is 5.75 Å². The summed E-state index contributed by atoms with van der Waals surface area (Å²) in [6.45, 7) is 2.52. The average molecular weight is 579 g/mol. The smallest absolute Gasteiger partial charge is 0.306 e. The van der Waals surface area contributed by atoms with Gasteiger partial charge in [0, 0.05) is 25.2 Å². The number of nitrogens with zero attached hydrogens (tertiary/aromatic N) is 2. The Kier molecular flexibility index (Phi) is 6.89. The first-order valence-corrected chi connectivity index (χ1v) is 12.2. The average Bonchev–Trinajstić information content (AvgIpc) is 3.13. The summed E-state index contributed by atoms with van der Waals surface area (Å²) in [5.41, 5.74) is -4.85. The fourth-order valence-corrected chi connectivity index (χ4v) is 5.03. The number of hydrogen-bond donors (Lipinski definition) is 8. The Morgan fingerprint density at radius 2 is 1.63 bits per heavy atom. The summed E-state index contributed by atoms with van der Waals surface area (Å²) in [5.74, 6) is -19.5. The van der Waals surface area contributed by atoms with E-state index in [1.54, 1.807) is 6.07 Å². The molecule has 1 unspecified atom stereocenters. The number of fused-ring (bicyclic) bond motifs is 1. The van der Waals surface area contributed by atoms with Gasteiger partial charge in [-0.3, -0.25) is 24.6 Å². The van der Waals surface area contributed by atoms with E-state index in [2.05, 4.69) is 4.90 Å². The first-order valence-electron chi connectivity index (χ1n) is 12.2. The molecule has 3 amide bonds. The van der Waals surface area contributed by atoms with E-state index in [9.17, 15) is 54.5 Å². The maximum absolute atomic E-state index is 14.6. The lowest BCUT2D eigenvalue weighted by atomic mass is 9.86. The van der Waals surface area contributed by atoms with Crippen molar-refractivity contribution in [3.05, 3.63) is 64.5 Å². The van der Waals surface area contributed by atoms with Crippen molar-refractivity contribution in [2.45, 2.75) is 36.4 Å². The summed E-state index contributed by atoms with van der Waals surface area (Å²) in [5, 5.41) is 74.9. The van der Waals surface area contributed by atoms with E-state index < -0.39 is 75.1 Å². The van der Waals surface area contributed by atoms with Crippen molar-refractivity contribution in [2.75, 3.05) is 26.3 Å². The SMILES string of the molecule is O=C1c2cccc(OCc3cc(CN4CCOCC4)ccc3F)c2C(O)(O)N1C1(O)C(=O)NC(=O)C(O)(O)C1(O)O. The second-order valence-corrected chi connectivity index (χ2v) is 9.86. The highest BCUT2D eigenvalue weighted by Crippen LogP contribution is 2.48. The van der Waals surface area contributed by atoms with E-state index in [1.807, 2.05) is 0 Å². The van der Waals surface area contributed by atoms with E-state index in [-0.39, 0.29) is 5.56 Å². The first kappa shape index (κ1) is 28.9. The van der Waals surface area contributed by atoms with E-state index in [0.29, 0.717) is 32.8 Å². The summed E-state index contributed by atoms with van der Waals surface area (Å²) in [6.07, 6.45) is 0. The number of rotatable bonds is 6. The van der Waals surface area contributed by atoms with Crippen molar-refractivity contribution >= 4 is 17.7 Å². The van der Waals surface area contributed by atoms with Gasteiger partial charge in [-0.25, -0.2) is 9.29 Å². The van der Waals surface area contributed by atoms with E-state index in [4.69, 9.17) is 9.47 Å². The highest BCUT2D eigenvalue weighted by molar-refractivity contribution is 6.10. The zero-order valence-electron chi connectivity index (χ0n) is 21.2. The quantitative estimate of drug-likeness (QED) is 0.123. The number of amides is 3. The number of piperidine rings is 1. The second-order valence-electron chi connectivity index (χ2n) is 9.86. The molecule has 2 saturated heterocycles. The Morgan fingerprint density at radius 3 is 2.32 bits per heavy atom. The Morgan fingerprint density at radius 1 is 0.951 bits per heavy atom. The van der Waals surface area contributed by atoms with Gasteiger partial charge in [0.2, 0.25) is 0 Å². The number of carbonyl (C=O) groups excluding carboxylic acids is 3. The lowest BCUT2D eigenvalue weighted by Crippen LogP contribution is -2.87. The van der Waals surface area contributed by atoms with Crippen LogP contribution in [0.2, 0.25) is 0 Å². The van der Waals surface area contributed by atoms with Crippen LogP contribution >= 0.6 is 0 Å². The molecular weight excluding hydrogens is 553 g/mol. The molecule has 5 rings (SSSR count). The molecule has 1 atom stereocenters. The monoisotopic (exact) mass is 579 g/mol. The molecule has 41 heavy (non-hydrogen) atoms. The fraction of sp³-hybridized carbons (Fsp3) is 0.400. The van der Waals surface area contributed by atoms with Crippen LogP contribution in [0, 0.1) is 5.82 Å². The fourth-order valence-electron chi connectivity index (χ4n) is 5.03. The highest BCUT2D eigenvalue weighted by atomic mass is 19.1. The first-order chi connectivity index (χ1) is 19.1. The molecule has 0 radical (unpaired) electrons. The Bertz CT molecular complexity index is 1420. The van der Waals surface area contributed by atoms with Crippen molar-refractivity contribution in [1.29, 1.82) is 0 Å².